The van der Waals surface area contributed by atoms with Crippen molar-refractivity contribution in [1.82, 2.24) is 5.32 Å². The van der Waals surface area contributed by atoms with E-state index in [0.29, 0.717) is 30.4 Å². The van der Waals surface area contributed by atoms with Crippen LogP contribution < -0.4 is 14.8 Å². The van der Waals surface area contributed by atoms with Crippen LogP contribution in [0.25, 0.3) is 0 Å². The molecule has 1 aliphatic rings. The van der Waals surface area contributed by atoms with E-state index in [1.165, 1.54) is 0 Å². The molecule has 0 saturated carbocycles. The van der Waals surface area contributed by atoms with Crippen LogP contribution in [0, 0.1) is 0 Å². The minimum atomic E-state index is -3.69. The summed E-state index contributed by atoms with van der Waals surface area (Å²) in [4.78, 5) is 0.227. The molecule has 0 spiro atoms. The van der Waals surface area contributed by atoms with Gasteiger partial charge in [0.05, 0.1) is 11.0 Å². The van der Waals surface area contributed by atoms with Gasteiger partial charge in [-0.1, -0.05) is 56.3 Å². The molecule has 1 heterocycles. The van der Waals surface area contributed by atoms with Gasteiger partial charge in [0.2, 0.25) is 0 Å². The van der Waals surface area contributed by atoms with E-state index in [9.17, 15) is 13.5 Å². The van der Waals surface area contributed by atoms with Crippen molar-refractivity contribution in [2.24, 2.45) is 0 Å². The molecule has 0 bridgehead atoms. The predicted molar refractivity (Wildman–Crippen MR) is 142 cm³/mol. The first-order valence-corrected chi connectivity index (χ1v) is 13.2. The van der Waals surface area contributed by atoms with Crippen molar-refractivity contribution in [3.63, 3.8) is 0 Å². The maximum Gasteiger partial charge on any atom is 0.261 e. The summed E-state index contributed by atoms with van der Waals surface area (Å²) in [6.07, 6.45) is 0.902. The summed E-state index contributed by atoms with van der Waals surface area (Å²) in [5.41, 5.74) is 3.47. The Morgan fingerprint density at radius 2 is 1.71 bits per heavy atom. The highest BCUT2D eigenvalue weighted by Gasteiger charge is 2.23. The Bertz CT molecular complexity index is 1200. The molecule has 35 heavy (non-hydrogen) atoms. The molecule has 4 rings (SSSR count). The lowest BCUT2D eigenvalue weighted by atomic mass is 10.0. The smallest absolute Gasteiger partial charge is 0.261 e. The molecule has 0 aliphatic carbocycles. The highest BCUT2D eigenvalue weighted by molar-refractivity contribution is 7.92. The number of ether oxygens (including phenoxy) is 1. The van der Waals surface area contributed by atoms with Crippen LogP contribution in [0.1, 0.15) is 49.0 Å². The Morgan fingerprint density at radius 3 is 2.40 bits per heavy atom. The second-order valence-electron chi connectivity index (χ2n) is 9.02. The fraction of sp³-hybridized carbons (Fsp3) is 0.333. The number of aryl methyl sites for hydroxylation is 1. The second kappa shape index (κ2) is 11.9. The number of nitrogens with one attached hydrogen (secondary N) is 2. The number of anilines is 1. The van der Waals surface area contributed by atoms with Crippen LogP contribution in [-0.2, 0) is 16.4 Å². The van der Waals surface area contributed by atoms with E-state index in [4.69, 9.17) is 4.74 Å². The molecular formula is C27H33ClN2O4S. The zero-order chi connectivity index (χ0) is 24.1. The number of hydrogen-bond donors (Lipinski definition) is 3. The van der Waals surface area contributed by atoms with Gasteiger partial charge in [0.1, 0.15) is 11.9 Å². The average molecular weight is 517 g/mol. The molecule has 6 nitrogen and oxygen atoms in total. The number of hydrogen-bond acceptors (Lipinski definition) is 5. The van der Waals surface area contributed by atoms with E-state index in [-0.39, 0.29) is 23.4 Å². The van der Waals surface area contributed by atoms with E-state index in [0.717, 1.165) is 29.5 Å². The Balaban J connectivity index is 0.00000342. The summed E-state index contributed by atoms with van der Waals surface area (Å²) in [5, 5.41) is 13.6. The fourth-order valence-corrected chi connectivity index (χ4v) is 5.17. The lowest BCUT2D eigenvalue weighted by Crippen LogP contribution is -2.36. The fourth-order valence-electron chi connectivity index (χ4n) is 4.06. The second-order valence-corrected chi connectivity index (χ2v) is 10.7. The monoisotopic (exact) mass is 516 g/mol. The number of aliphatic hydroxyl groups excluding tert-OH is 1. The van der Waals surface area contributed by atoms with Gasteiger partial charge < -0.3 is 15.2 Å². The summed E-state index contributed by atoms with van der Waals surface area (Å²) in [6, 6.07) is 22.0. The van der Waals surface area contributed by atoms with Gasteiger partial charge in [-0.3, -0.25) is 4.72 Å². The summed E-state index contributed by atoms with van der Waals surface area (Å²) in [5.74, 6) is 1.10. The predicted octanol–water partition coefficient (Wildman–Crippen LogP) is 5.05. The number of aliphatic hydroxyl groups is 1. The van der Waals surface area contributed by atoms with Crippen LogP contribution in [0.15, 0.2) is 77.7 Å². The van der Waals surface area contributed by atoms with Crippen molar-refractivity contribution >= 4 is 28.1 Å². The van der Waals surface area contributed by atoms with Crippen LogP contribution in [0.5, 0.6) is 5.75 Å². The molecule has 188 valence electrons. The molecular weight excluding hydrogens is 484 g/mol. The quantitative estimate of drug-likeness (QED) is 0.370. The first kappa shape index (κ1) is 27.0. The Labute approximate surface area is 214 Å². The standard InChI is InChI=1S/C27H32N2O4S.ClH/c1-19(2)20-8-11-23(12-9-20)29-34(31,32)25-14-15-27-22(16-25)10-13-24(33-27)17-28-18-26(30)21-6-4-3-5-7-21;/h3-9,11-12,14-16,19,24,26,28-30H,10,13,17-18H2,1-2H3;1H/t24?,26-;/m0./s1. The largest absolute Gasteiger partial charge is 0.489 e. The summed E-state index contributed by atoms with van der Waals surface area (Å²) in [6.45, 7) is 5.25. The first-order chi connectivity index (χ1) is 16.3. The molecule has 0 aromatic heterocycles. The van der Waals surface area contributed by atoms with Crippen LogP contribution in [-0.4, -0.2) is 32.7 Å². The molecule has 3 aromatic carbocycles. The zero-order valence-electron chi connectivity index (χ0n) is 20.0. The lowest BCUT2D eigenvalue weighted by Gasteiger charge is -2.27. The topological polar surface area (TPSA) is 87.7 Å². The van der Waals surface area contributed by atoms with Gasteiger partial charge in [-0.15, -0.1) is 12.4 Å². The number of halogens is 1. The van der Waals surface area contributed by atoms with Gasteiger partial charge in [-0.2, -0.15) is 0 Å². The first-order valence-electron chi connectivity index (χ1n) is 11.7. The van der Waals surface area contributed by atoms with E-state index >= 15 is 0 Å². The van der Waals surface area contributed by atoms with E-state index in [1.807, 2.05) is 42.5 Å². The summed E-state index contributed by atoms with van der Waals surface area (Å²) < 4.78 is 34.6. The highest BCUT2D eigenvalue weighted by Crippen LogP contribution is 2.30. The van der Waals surface area contributed by atoms with Crippen molar-refractivity contribution in [2.75, 3.05) is 17.8 Å². The number of sulfonamides is 1. The third kappa shape index (κ3) is 6.98. The summed E-state index contributed by atoms with van der Waals surface area (Å²) in [7, 11) is -3.69. The normalized spacial score (nSPS) is 16.1. The van der Waals surface area contributed by atoms with Crippen molar-refractivity contribution in [3.05, 3.63) is 89.5 Å². The van der Waals surface area contributed by atoms with Crippen molar-refractivity contribution in [3.8, 4) is 5.75 Å². The minimum Gasteiger partial charge on any atom is -0.489 e. The third-order valence-corrected chi connectivity index (χ3v) is 7.47. The molecule has 3 aromatic rings. The molecule has 0 amide bonds. The maximum atomic E-state index is 12.9. The molecule has 8 heteroatoms. The van der Waals surface area contributed by atoms with Gasteiger partial charge >= 0.3 is 0 Å². The van der Waals surface area contributed by atoms with Crippen molar-refractivity contribution < 1.29 is 18.3 Å². The van der Waals surface area contributed by atoms with Gasteiger partial charge in [-0.05, 0) is 65.8 Å². The van der Waals surface area contributed by atoms with Gasteiger partial charge in [0.25, 0.3) is 10.0 Å². The number of rotatable bonds is 9. The Hall–Kier alpha value is -2.58. The number of benzene rings is 3. The Morgan fingerprint density at radius 1 is 1.00 bits per heavy atom. The van der Waals surface area contributed by atoms with E-state index < -0.39 is 16.1 Å². The SMILES string of the molecule is CC(C)c1ccc(NS(=O)(=O)c2ccc3c(c2)CCC(CNC[C@H](O)c2ccccc2)O3)cc1.Cl. The Kier molecular flexibility index (Phi) is 9.19. The van der Waals surface area contributed by atoms with Crippen LogP contribution in [0.3, 0.4) is 0 Å². The van der Waals surface area contributed by atoms with E-state index in [2.05, 4.69) is 23.9 Å². The third-order valence-electron chi connectivity index (χ3n) is 6.10. The molecule has 0 radical (unpaired) electrons. The lowest BCUT2D eigenvalue weighted by molar-refractivity contribution is 0.146. The van der Waals surface area contributed by atoms with E-state index in [1.54, 1.807) is 30.3 Å². The van der Waals surface area contributed by atoms with Gasteiger partial charge in [-0.25, -0.2) is 8.42 Å². The molecule has 0 fully saturated rings. The molecule has 0 saturated heterocycles. The van der Waals surface area contributed by atoms with Crippen molar-refractivity contribution in [2.45, 2.75) is 49.7 Å². The van der Waals surface area contributed by atoms with Gasteiger partial charge in [0, 0.05) is 18.8 Å². The van der Waals surface area contributed by atoms with Crippen molar-refractivity contribution in [1.29, 1.82) is 0 Å². The van der Waals surface area contributed by atoms with Crippen LogP contribution in [0.2, 0.25) is 0 Å². The zero-order valence-corrected chi connectivity index (χ0v) is 21.6. The van der Waals surface area contributed by atoms with Crippen LogP contribution >= 0.6 is 12.4 Å². The maximum absolute atomic E-state index is 12.9. The van der Waals surface area contributed by atoms with Crippen LogP contribution in [0.4, 0.5) is 5.69 Å². The van der Waals surface area contributed by atoms with Gasteiger partial charge in [0.15, 0.2) is 0 Å². The molecule has 1 unspecified atom stereocenters. The highest BCUT2D eigenvalue weighted by atomic mass is 35.5. The molecule has 3 N–H and O–H groups in total. The number of fused-ring (bicyclic) bond motifs is 1. The summed E-state index contributed by atoms with van der Waals surface area (Å²) >= 11 is 0. The average Bonchev–Trinajstić information content (AvgIpc) is 2.84. The molecule has 1 aliphatic heterocycles. The molecule has 2 atom stereocenters. The minimum absolute atomic E-state index is 0.